The van der Waals surface area contributed by atoms with E-state index in [9.17, 15) is 34.2 Å². The number of nitrogen functional groups attached to an aromatic ring is 1. The van der Waals surface area contributed by atoms with E-state index >= 15 is 0 Å². The minimum Gasteiger partial charge on any atom is -0.550 e. The summed E-state index contributed by atoms with van der Waals surface area (Å²) in [6, 6.07) is 12.8. The number of hydrogen-bond acceptors (Lipinski definition) is 12. The minimum absolute atomic E-state index is 0. The van der Waals surface area contributed by atoms with Gasteiger partial charge in [-0.05, 0) is 42.7 Å². The number of carboxylic acids is 3. The smallest absolute Gasteiger partial charge is 0.550 e. The van der Waals surface area contributed by atoms with Crippen molar-refractivity contribution < 1.29 is 93.6 Å². The summed E-state index contributed by atoms with van der Waals surface area (Å²) in [4.78, 5) is 70.5. The normalized spacial score (nSPS) is 10.5. The maximum absolute atomic E-state index is 12.3. The Morgan fingerprint density at radius 1 is 0.953 bits per heavy atom. The molecule has 212 valence electrons. The molecule has 1 unspecified atom stereocenters. The van der Waals surface area contributed by atoms with Gasteiger partial charge in [0.2, 0.25) is 5.95 Å². The predicted octanol–water partition coefficient (Wildman–Crippen LogP) is -7.32. The number of carboxylic acid groups (broad SMARTS) is 3. The number of aliphatic carboxylic acids is 2. The van der Waals surface area contributed by atoms with E-state index in [0.717, 1.165) is 0 Å². The number of H-pyrrole nitrogens is 1. The average molecular weight is 607 g/mol. The average Bonchev–Trinajstić information content (AvgIpc) is 2.95. The third-order valence-electron chi connectivity index (χ3n) is 5.36. The Labute approximate surface area is 287 Å². The molecule has 15 nitrogen and oxygen atoms in total. The van der Waals surface area contributed by atoms with E-state index in [-0.39, 0.29) is 100 Å². The van der Waals surface area contributed by atoms with Gasteiger partial charge in [0.05, 0.1) is 24.4 Å². The van der Waals surface area contributed by atoms with Crippen LogP contribution in [-0.2, 0) is 16.1 Å². The molecule has 2 aromatic carbocycles. The third-order valence-corrected chi connectivity index (χ3v) is 5.36. The first-order valence-corrected chi connectivity index (χ1v) is 11.9. The number of benzene rings is 2. The van der Waals surface area contributed by atoms with Crippen LogP contribution >= 0.6 is 0 Å². The van der Waals surface area contributed by atoms with Crippen LogP contribution in [-0.4, -0.2) is 54.9 Å². The molecule has 0 spiro atoms. The molecule has 0 aliphatic heterocycles. The minimum atomic E-state index is -1.40. The Morgan fingerprint density at radius 3 is 2.16 bits per heavy atom. The van der Waals surface area contributed by atoms with E-state index in [1.54, 1.807) is 30.3 Å². The number of carbonyl (C=O) groups excluding carboxylic acids is 3. The summed E-state index contributed by atoms with van der Waals surface area (Å²) in [6.45, 7) is 0.225. The molecule has 2 heterocycles. The molecule has 17 heteroatoms. The van der Waals surface area contributed by atoms with Crippen molar-refractivity contribution in [3.63, 3.8) is 0 Å². The standard InChI is InChI=1S/C19H19N7O6.C7H6O2.2Na/c20-19-25-15-14(17(30)26-19)23-11(8-22-15)7-21-10-3-1-9(2-4-10)16(29)24-12(18(31)32)5-6-13(27)28;8-7(9)6-4-2-1-3-5-6;;/h1-4,8,12,21H,5-7H2,(H,24,29)(H,27,28)(H,31,32)(H3,20,22,25,26,30);1-5H,(H,8,9);;/q;;2*+1/p-2. The van der Waals surface area contributed by atoms with Gasteiger partial charge in [-0.25, -0.2) is 14.8 Å². The third kappa shape index (κ3) is 11.7. The largest absolute Gasteiger partial charge is 1.00 e. The first kappa shape index (κ1) is 37.2. The van der Waals surface area contributed by atoms with Crippen LogP contribution in [0.3, 0.4) is 0 Å². The van der Waals surface area contributed by atoms with Gasteiger partial charge in [-0.2, -0.15) is 4.98 Å². The molecule has 0 fully saturated rings. The topological polar surface area (TPSA) is 256 Å². The summed E-state index contributed by atoms with van der Waals surface area (Å²) in [7, 11) is 0. The Bertz CT molecular complexity index is 1620. The Kier molecular flexibility index (Phi) is 15.5. The number of aromatic carboxylic acids is 1. The second kappa shape index (κ2) is 17.9. The van der Waals surface area contributed by atoms with E-state index in [2.05, 4.69) is 30.6 Å². The van der Waals surface area contributed by atoms with E-state index in [0.29, 0.717) is 11.4 Å². The zero-order chi connectivity index (χ0) is 29.9. The fourth-order valence-corrected chi connectivity index (χ4v) is 3.32. The van der Waals surface area contributed by atoms with E-state index in [1.165, 1.54) is 30.5 Å². The van der Waals surface area contributed by atoms with Crippen LogP contribution < -0.4 is 91.3 Å². The number of nitrogens with zero attached hydrogens (tertiary/aromatic N) is 3. The molecule has 0 radical (unpaired) electrons. The van der Waals surface area contributed by atoms with E-state index < -0.39 is 41.8 Å². The maximum atomic E-state index is 12.3. The summed E-state index contributed by atoms with van der Waals surface area (Å²) < 4.78 is 0. The SMILES string of the molecule is Nc1nc2ncc(CNc3ccc(C(=O)NC(CCC(=O)[O-])C(=O)O)cc3)nc2c(=O)[nH]1.O=C([O-])c1ccccc1.[Na+].[Na+]. The number of hydrogen-bond donors (Lipinski definition) is 5. The molecule has 6 N–H and O–H groups in total. The summed E-state index contributed by atoms with van der Waals surface area (Å²) in [5.41, 5.74) is 6.65. The van der Waals surface area contributed by atoms with Crippen LogP contribution in [0.5, 0.6) is 0 Å². The Morgan fingerprint density at radius 2 is 1.60 bits per heavy atom. The molecule has 1 atom stereocenters. The van der Waals surface area contributed by atoms with Gasteiger partial charge in [-0.1, -0.05) is 30.3 Å². The molecule has 4 rings (SSSR count). The fraction of sp³-hybridized carbons (Fsp3) is 0.154. The van der Waals surface area contributed by atoms with Crippen LogP contribution in [0.1, 0.15) is 39.3 Å². The first-order valence-electron chi connectivity index (χ1n) is 11.9. The molecule has 0 saturated heterocycles. The second-order valence-electron chi connectivity index (χ2n) is 8.34. The molecule has 1 amide bonds. The van der Waals surface area contributed by atoms with Crippen molar-refractivity contribution in [3.05, 3.63) is 88.0 Å². The summed E-state index contributed by atoms with van der Waals surface area (Å²) >= 11 is 0. The number of aromatic amines is 1. The predicted molar refractivity (Wildman–Crippen MR) is 140 cm³/mol. The second-order valence-corrected chi connectivity index (χ2v) is 8.34. The number of fused-ring (bicyclic) bond motifs is 1. The number of carbonyl (C=O) groups is 4. The van der Waals surface area contributed by atoms with Crippen molar-refractivity contribution in [1.29, 1.82) is 0 Å². The molecule has 0 bridgehead atoms. The van der Waals surface area contributed by atoms with Crippen LogP contribution in [0.2, 0.25) is 0 Å². The molecule has 0 aliphatic carbocycles. The molecule has 0 aliphatic rings. The van der Waals surface area contributed by atoms with Crippen molar-refractivity contribution in [2.45, 2.75) is 25.4 Å². The van der Waals surface area contributed by atoms with Crippen molar-refractivity contribution in [2.24, 2.45) is 0 Å². The van der Waals surface area contributed by atoms with E-state index in [4.69, 9.17) is 10.8 Å². The summed E-state index contributed by atoms with van der Waals surface area (Å²) in [5.74, 6) is -4.59. The number of nitrogens with two attached hydrogens (primary N) is 1. The van der Waals surface area contributed by atoms with Gasteiger partial charge in [0.25, 0.3) is 11.5 Å². The van der Waals surface area contributed by atoms with Crippen molar-refractivity contribution >= 4 is 46.6 Å². The van der Waals surface area contributed by atoms with Crippen molar-refractivity contribution in [1.82, 2.24) is 25.3 Å². The number of amides is 1. The summed E-state index contributed by atoms with van der Waals surface area (Å²) in [5, 5.41) is 35.1. The van der Waals surface area contributed by atoms with Gasteiger partial charge < -0.3 is 41.3 Å². The Balaban J connectivity index is 0.000000721. The van der Waals surface area contributed by atoms with Crippen LogP contribution in [0.4, 0.5) is 11.6 Å². The molecular formula is C26H23N7Na2O8. The fourth-order valence-electron chi connectivity index (χ4n) is 3.32. The first-order chi connectivity index (χ1) is 19.5. The molecule has 0 saturated carbocycles. The van der Waals surface area contributed by atoms with Gasteiger partial charge in [0, 0.05) is 17.2 Å². The molecule has 43 heavy (non-hydrogen) atoms. The zero-order valence-electron chi connectivity index (χ0n) is 23.2. The zero-order valence-corrected chi connectivity index (χ0v) is 27.2. The number of rotatable bonds is 10. The van der Waals surface area contributed by atoms with Gasteiger partial charge >= 0.3 is 65.1 Å². The van der Waals surface area contributed by atoms with Gasteiger partial charge in [-0.3, -0.25) is 14.6 Å². The number of anilines is 2. The van der Waals surface area contributed by atoms with E-state index in [1.807, 2.05) is 0 Å². The maximum Gasteiger partial charge on any atom is 1.00 e. The quantitative estimate of drug-likeness (QED) is 0.105. The Hall–Kier alpha value is -3.86. The van der Waals surface area contributed by atoms with Gasteiger partial charge in [0.1, 0.15) is 6.04 Å². The van der Waals surface area contributed by atoms with Crippen LogP contribution in [0, 0.1) is 0 Å². The summed E-state index contributed by atoms with van der Waals surface area (Å²) in [6.07, 6.45) is 0.662. The van der Waals surface area contributed by atoms with Gasteiger partial charge in [0.15, 0.2) is 11.2 Å². The van der Waals surface area contributed by atoms with Crippen molar-refractivity contribution in [2.75, 3.05) is 11.1 Å². The van der Waals surface area contributed by atoms with Crippen LogP contribution in [0.25, 0.3) is 11.2 Å². The number of nitrogens with one attached hydrogen (secondary N) is 3. The molecule has 2 aromatic heterocycles. The van der Waals surface area contributed by atoms with Gasteiger partial charge in [-0.15, -0.1) is 0 Å². The number of aromatic nitrogens is 4. The molecule has 4 aromatic rings. The molecular weight excluding hydrogens is 584 g/mol. The van der Waals surface area contributed by atoms with Crippen LogP contribution in [0.15, 0.2) is 65.6 Å². The monoisotopic (exact) mass is 607 g/mol. The van der Waals surface area contributed by atoms with Crippen molar-refractivity contribution in [3.8, 4) is 0 Å².